The van der Waals surface area contributed by atoms with E-state index in [-0.39, 0.29) is 25.0 Å². The Hall–Kier alpha value is -2.08. The molecule has 0 aliphatic carbocycles. The molecule has 0 radical (unpaired) electrons. The van der Waals surface area contributed by atoms with Crippen molar-refractivity contribution < 1.29 is 19.1 Å². The zero-order chi connectivity index (χ0) is 15.4. The molecule has 1 saturated heterocycles. The minimum absolute atomic E-state index is 0.0157. The van der Waals surface area contributed by atoms with Gasteiger partial charge in [-0.15, -0.1) is 0 Å². The summed E-state index contributed by atoms with van der Waals surface area (Å²) in [7, 11) is 0. The quantitative estimate of drug-likeness (QED) is 0.780. The molecule has 2 aliphatic heterocycles. The van der Waals surface area contributed by atoms with Crippen molar-refractivity contribution in [2.45, 2.75) is 44.5 Å². The Morgan fingerprint density at radius 3 is 2.29 bits per heavy atom. The van der Waals surface area contributed by atoms with Crippen molar-refractivity contribution in [3.63, 3.8) is 0 Å². The number of benzene rings is 1. The van der Waals surface area contributed by atoms with Crippen LogP contribution in [0.5, 0.6) is 5.75 Å². The van der Waals surface area contributed by atoms with E-state index in [1.165, 1.54) is 0 Å². The highest BCUT2D eigenvalue weighted by Gasteiger charge is 2.56. The van der Waals surface area contributed by atoms with Crippen LogP contribution in [0.2, 0.25) is 0 Å². The largest absolute Gasteiger partial charge is 0.485 e. The van der Waals surface area contributed by atoms with E-state index in [4.69, 9.17) is 20.9 Å². The van der Waals surface area contributed by atoms with Crippen molar-refractivity contribution in [2.24, 2.45) is 11.5 Å². The molecule has 6 heteroatoms. The lowest BCUT2D eigenvalue weighted by molar-refractivity contribution is -0.118. The van der Waals surface area contributed by atoms with Gasteiger partial charge in [0.2, 0.25) is 11.8 Å². The topological polar surface area (TPSA) is 108 Å². The minimum Gasteiger partial charge on any atom is -0.485 e. The predicted molar refractivity (Wildman–Crippen MR) is 74.6 cm³/mol. The van der Waals surface area contributed by atoms with Crippen LogP contribution in [0.25, 0.3) is 0 Å². The first-order chi connectivity index (χ1) is 9.78. The van der Waals surface area contributed by atoms with E-state index in [1.807, 2.05) is 19.9 Å². The fourth-order valence-electron chi connectivity index (χ4n) is 2.92. The summed E-state index contributed by atoms with van der Waals surface area (Å²) >= 11 is 0. The van der Waals surface area contributed by atoms with Crippen molar-refractivity contribution in [1.29, 1.82) is 0 Å². The zero-order valence-electron chi connectivity index (χ0n) is 12.0. The number of rotatable bonds is 4. The molecule has 1 fully saturated rings. The molecule has 4 N–H and O–H groups in total. The molecule has 2 heterocycles. The van der Waals surface area contributed by atoms with Gasteiger partial charge in [0.15, 0.2) is 0 Å². The lowest BCUT2D eigenvalue weighted by Gasteiger charge is -2.30. The minimum atomic E-state index is -0.462. The van der Waals surface area contributed by atoms with Gasteiger partial charge in [0.25, 0.3) is 0 Å². The Morgan fingerprint density at radius 2 is 1.71 bits per heavy atom. The average Bonchev–Trinajstić information content (AvgIpc) is 3.10. The molecule has 2 unspecified atom stereocenters. The van der Waals surface area contributed by atoms with Gasteiger partial charge >= 0.3 is 0 Å². The second-order valence-corrected chi connectivity index (χ2v) is 6.13. The number of hydrogen-bond acceptors (Lipinski definition) is 4. The number of carbonyl (C=O) groups is 2. The SMILES string of the molecule is CC1(C)Oc2cc(CC(N)=O)c(CC(N)=O)cc2C2OC21. The van der Waals surface area contributed by atoms with Crippen LogP contribution in [0.3, 0.4) is 0 Å². The smallest absolute Gasteiger partial charge is 0.221 e. The van der Waals surface area contributed by atoms with Crippen molar-refractivity contribution in [3.8, 4) is 5.75 Å². The maximum atomic E-state index is 11.2. The van der Waals surface area contributed by atoms with Gasteiger partial charge in [-0.1, -0.05) is 0 Å². The highest BCUT2D eigenvalue weighted by atomic mass is 16.6. The first kappa shape index (κ1) is 13.9. The first-order valence-corrected chi connectivity index (χ1v) is 6.84. The summed E-state index contributed by atoms with van der Waals surface area (Å²) in [4.78, 5) is 22.4. The van der Waals surface area contributed by atoms with Gasteiger partial charge in [-0.05, 0) is 37.1 Å². The highest BCUT2D eigenvalue weighted by Crippen LogP contribution is 2.54. The van der Waals surface area contributed by atoms with Crippen LogP contribution in [0.4, 0.5) is 0 Å². The fourth-order valence-corrected chi connectivity index (χ4v) is 2.92. The Morgan fingerprint density at radius 1 is 1.14 bits per heavy atom. The third-order valence-electron chi connectivity index (χ3n) is 3.92. The van der Waals surface area contributed by atoms with E-state index in [0.29, 0.717) is 16.9 Å². The highest BCUT2D eigenvalue weighted by molar-refractivity contribution is 5.80. The van der Waals surface area contributed by atoms with Crippen molar-refractivity contribution in [2.75, 3.05) is 0 Å². The number of ether oxygens (including phenoxy) is 2. The second kappa shape index (κ2) is 4.46. The Balaban J connectivity index is 2.04. The molecule has 21 heavy (non-hydrogen) atoms. The summed E-state index contributed by atoms with van der Waals surface area (Å²) < 4.78 is 11.6. The van der Waals surface area contributed by atoms with Gasteiger partial charge in [-0.3, -0.25) is 9.59 Å². The van der Waals surface area contributed by atoms with Crippen molar-refractivity contribution in [1.82, 2.24) is 0 Å². The maximum absolute atomic E-state index is 11.2. The Bertz CT molecular complexity index is 639. The number of epoxide rings is 1. The summed E-state index contributed by atoms with van der Waals surface area (Å²) in [5.41, 5.74) is 12.4. The van der Waals surface area contributed by atoms with E-state index >= 15 is 0 Å². The van der Waals surface area contributed by atoms with E-state index in [0.717, 1.165) is 5.56 Å². The number of primary amides is 2. The summed E-state index contributed by atoms with van der Waals surface area (Å²) in [6, 6.07) is 3.62. The molecular weight excluding hydrogens is 272 g/mol. The summed E-state index contributed by atoms with van der Waals surface area (Å²) in [6.07, 6.45) is 0.122. The third-order valence-corrected chi connectivity index (χ3v) is 3.92. The van der Waals surface area contributed by atoms with Gasteiger partial charge < -0.3 is 20.9 Å². The predicted octanol–water partition coefficient (Wildman–Crippen LogP) is 0.353. The van der Waals surface area contributed by atoms with Crippen molar-refractivity contribution >= 4 is 11.8 Å². The van der Waals surface area contributed by atoms with Gasteiger partial charge in [0.05, 0.1) is 12.8 Å². The van der Waals surface area contributed by atoms with Crippen LogP contribution in [0.15, 0.2) is 12.1 Å². The molecule has 2 atom stereocenters. The average molecular weight is 290 g/mol. The van der Waals surface area contributed by atoms with Gasteiger partial charge in [0, 0.05) is 5.56 Å². The molecule has 0 bridgehead atoms. The number of fused-ring (bicyclic) bond motifs is 3. The lowest BCUT2D eigenvalue weighted by atomic mass is 9.90. The standard InChI is InChI=1S/C15H18N2O4/c1-15(2)14-13(20-14)9-3-7(5-11(16)18)8(6-12(17)19)4-10(9)21-15/h3-4,13-14H,5-6H2,1-2H3,(H2,16,18)(H2,17,19). The van der Waals surface area contributed by atoms with Crippen LogP contribution >= 0.6 is 0 Å². The second-order valence-electron chi connectivity index (χ2n) is 6.13. The van der Waals surface area contributed by atoms with Gasteiger partial charge in [0.1, 0.15) is 23.6 Å². The summed E-state index contributed by atoms with van der Waals surface area (Å²) in [5.74, 6) is -0.231. The monoisotopic (exact) mass is 290 g/mol. The molecule has 6 nitrogen and oxygen atoms in total. The lowest BCUT2D eigenvalue weighted by Crippen LogP contribution is -2.38. The Kier molecular flexibility index (Phi) is 2.95. The molecule has 2 amide bonds. The molecule has 1 aromatic rings. The molecule has 0 saturated carbocycles. The van der Waals surface area contributed by atoms with Crippen LogP contribution in [-0.2, 0) is 27.2 Å². The van der Waals surface area contributed by atoms with E-state index in [1.54, 1.807) is 6.07 Å². The van der Waals surface area contributed by atoms with Crippen LogP contribution < -0.4 is 16.2 Å². The third kappa shape index (κ3) is 2.47. The molecule has 0 spiro atoms. The fraction of sp³-hybridized carbons (Fsp3) is 0.467. The Labute approximate surface area is 122 Å². The molecular formula is C15H18N2O4. The van der Waals surface area contributed by atoms with Gasteiger partial charge in [-0.25, -0.2) is 0 Å². The van der Waals surface area contributed by atoms with E-state index in [2.05, 4.69) is 0 Å². The van der Waals surface area contributed by atoms with Crippen LogP contribution in [-0.4, -0.2) is 23.5 Å². The normalized spacial score (nSPS) is 24.5. The number of amides is 2. The number of carbonyl (C=O) groups excluding carboxylic acids is 2. The summed E-state index contributed by atoms with van der Waals surface area (Å²) in [5, 5.41) is 0. The van der Waals surface area contributed by atoms with E-state index in [9.17, 15) is 9.59 Å². The molecule has 3 rings (SSSR count). The zero-order valence-corrected chi connectivity index (χ0v) is 12.0. The van der Waals surface area contributed by atoms with Gasteiger partial charge in [-0.2, -0.15) is 0 Å². The molecule has 112 valence electrons. The first-order valence-electron chi connectivity index (χ1n) is 6.84. The van der Waals surface area contributed by atoms with Crippen molar-refractivity contribution in [3.05, 3.63) is 28.8 Å². The number of nitrogens with two attached hydrogens (primary N) is 2. The summed E-state index contributed by atoms with van der Waals surface area (Å²) in [6.45, 7) is 3.93. The van der Waals surface area contributed by atoms with Crippen LogP contribution in [0.1, 0.15) is 36.6 Å². The maximum Gasteiger partial charge on any atom is 0.221 e. The molecule has 1 aromatic carbocycles. The van der Waals surface area contributed by atoms with E-state index < -0.39 is 17.4 Å². The van der Waals surface area contributed by atoms with Crippen LogP contribution in [0, 0.1) is 0 Å². The number of hydrogen-bond donors (Lipinski definition) is 2. The molecule has 0 aromatic heterocycles. The molecule has 2 aliphatic rings.